The second-order valence-electron chi connectivity index (χ2n) is 6.24. The molecular formula is C13H23LiSSi2. The maximum Gasteiger partial charge on any atom is 1.00 e. The summed E-state index contributed by atoms with van der Waals surface area (Å²) in [7, 11) is -2.33. The third kappa shape index (κ3) is 5.85. The van der Waals surface area contributed by atoms with Crippen molar-refractivity contribution in [2.45, 2.75) is 44.2 Å². The molecule has 0 saturated carbocycles. The third-order valence-corrected chi connectivity index (χ3v) is 14.5. The molecule has 17 heavy (non-hydrogen) atoms. The van der Waals surface area contributed by atoms with Crippen LogP contribution >= 0.6 is 11.8 Å². The van der Waals surface area contributed by atoms with E-state index in [1.54, 1.807) is 0 Å². The standard InChI is InChI=1S/C13H23SSi2.Li/c1-15(2,3)13(16(4,5)6)14-12-10-8-7-9-11-12;/h7-11H,1-6H3;/q-1;+1. The molecule has 0 unspecified atom stereocenters. The van der Waals surface area contributed by atoms with E-state index in [0.29, 0.717) is 0 Å². The minimum atomic E-state index is -1.16. The van der Waals surface area contributed by atoms with Crippen molar-refractivity contribution in [2.75, 3.05) is 0 Å². The van der Waals surface area contributed by atoms with E-state index in [-0.39, 0.29) is 18.9 Å². The molecule has 0 aromatic heterocycles. The molecule has 4 heteroatoms. The molecule has 0 bridgehead atoms. The second kappa shape index (κ2) is 6.68. The maximum atomic E-state index is 2.47. The summed E-state index contributed by atoms with van der Waals surface area (Å²) in [5.41, 5.74) is 0. The Morgan fingerprint density at radius 1 is 0.824 bits per heavy atom. The average Bonchev–Trinajstić information content (AvgIpc) is 2.12. The summed E-state index contributed by atoms with van der Waals surface area (Å²) in [6, 6.07) is 10.8. The van der Waals surface area contributed by atoms with Crippen molar-refractivity contribution in [1.29, 1.82) is 0 Å². The molecule has 0 radical (unpaired) electrons. The Kier molecular flexibility index (Phi) is 6.91. The molecule has 0 spiro atoms. The Morgan fingerprint density at radius 2 is 1.24 bits per heavy atom. The maximum absolute atomic E-state index is 2.47. The number of hydrogen-bond acceptors (Lipinski definition) is 1. The van der Waals surface area contributed by atoms with E-state index < -0.39 is 16.1 Å². The summed E-state index contributed by atoms with van der Waals surface area (Å²) in [4.78, 5) is 1.40. The predicted octanol–water partition coefficient (Wildman–Crippen LogP) is 2.07. The Labute approximate surface area is 125 Å². The Balaban J connectivity index is 0.00000256. The summed E-state index contributed by atoms with van der Waals surface area (Å²) in [5, 5.41) is 0. The fourth-order valence-corrected chi connectivity index (χ4v) is 14.7. The molecule has 0 aliphatic rings. The van der Waals surface area contributed by atoms with Crippen molar-refractivity contribution in [2.24, 2.45) is 0 Å². The first-order valence-corrected chi connectivity index (χ1v) is 13.6. The van der Waals surface area contributed by atoms with Gasteiger partial charge in [-0.3, -0.25) is 4.50 Å². The molecule has 0 aliphatic carbocycles. The van der Waals surface area contributed by atoms with Crippen LogP contribution in [0.1, 0.15) is 0 Å². The molecule has 0 nitrogen and oxygen atoms in total. The largest absolute Gasteiger partial charge is 1.00 e. The van der Waals surface area contributed by atoms with Crippen LogP contribution in [0.25, 0.3) is 0 Å². The van der Waals surface area contributed by atoms with Gasteiger partial charge in [-0.1, -0.05) is 85.8 Å². The zero-order valence-corrected chi connectivity index (χ0v) is 15.1. The topological polar surface area (TPSA) is 0 Å². The smallest absolute Gasteiger partial charge is 0.316 e. The fourth-order valence-electron chi connectivity index (χ4n) is 2.04. The van der Waals surface area contributed by atoms with Crippen LogP contribution in [0, 0.1) is 4.50 Å². The van der Waals surface area contributed by atoms with Gasteiger partial charge in [-0.25, -0.2) is 0 Å². The molecular weight excluding hydrogens is 251 g/mol. The normalized spacial score (nSPS) is 12.4. The van der Waals surface area contributed by atoms with Crippen LogP contribution in [-0.4, -0.2) is 16.1 Å². The molecule has 0 N–H and O–H groups in total. The van der Waals surface area contributed by atoms with Gasteiger partial charge in [0.2, 0.25) is 0 Å². The van der Waals surface area contributed by atoms with E-state index in [2.05, 4.69) is 69.6 Å². The molecule has 0 heterocycles. The zero-order valence-electron chi connectivity index (χ0n) is 12.3. The first kappa shape index (κ1) is 17.6. The van der Waals surface area contributed by atoms with Gasteiger partial charge < -0.3 is 11.8 Å². The van der Waals surface area contributed by atoms with E-state index in [1.807, 2.05) is 16.3 Å². The van der Waals surface area contributed by atoms with Crippen molar-refractivity contribution in [3.8, 4) is 0 Å². The SMILES string of the molecule is C[Si](C)(C)[C-](Sc1ccccc1)[Si](C)(C)C.[Li+]. The third-order valence-electron chi connectivity index (χ3n) is 2.33. The van der Waals surface area contributed by atoms with E-state index in [1.165, 1.54) is 4.90 Å². The fraction of sp³-hybridized carbons (Fsp3) is 0.462. The number of thioether (sulfide) groups is 1. The van der Waals surface area contributed by atoms with Crippen LogP contribution in [0.15, 0.2) is 35.2 Å². The number of hydrogen-bond donors (Lipinski definition) is 0. The summed E-state index contributed by atoms with van der Waals surface area (Å²) < 4.78 is 1.81. The molecule has 1 aromatic carbocycles. The quantitative estimate of drug-likeness (QED) is 0.460. The van der Waals surface area contributed by atoms with Gasteiger partial charge in [-0.05, 0) is 4.90 Å². The Hall–Kier alpha value is 0.601. The van der Waals surface area contributed by atoms with E-state index in [9.17, 15) is 0 Å². The molecule has 90 valence electrons. The molecule has 0 atom stereocenters. The first-order chi connectivity index (χ1) is 7.21. The monoisotopic (exact) mass is 274 g/mol. The van der Waals surface area contributed by atoms with Crippen LogP contribution in [0.4, 0.5) is 0 Å². The van der Waals surface area contributed by atoms with Crippen LogP contribution in [0.5, 0.6) is 0 Å². The van der Waals surface area contributed by atoms with Gasteiger partial charge in [0.1, 0.15) is 0 Å². The summed E-state index contributed by atoms with van der Waals surface area (Å²) in [6.07, 6.45) is 0. The van der Waals surface area contributed by atoms with Gasteiger partial charge in [-0.15, -0.1) is 0 Å². The molecule has 0 aliphatic heterocycles. The van der Waals surface area contributed by atoms with Gasteiger partial charge in [0.25, 0.3) is 0 Å². The van der Waals surface area contributed by atoms with Crippen molar-refractivity contribution >= 4 is 27.9 Å². The molecule has 1 rings (SSSR count). The number of rotatable bonds is 4. The van der Waals surface area contributed by atoms with Crippen LogP contribution in [0.2, 0.25) is 39.3 Å². The first-order valence-electron chi connectivity index (χ1n) is 5.82. The summed E-state index contributed by atoms with van der Waals surface area (Å²) in [5.74, 6) is 0. The van der Waals surface area contributed by atoms with E-state index >= 15 is 0 Å². The van der Waals surface area contributed by atoms with Crippen molar-refractivity contribution in [1.82, 2.24) is 0 Å². The van der Waals surface area contributed by atoms with Gasteiger partial charge in [-0.2, -0.15) is 0 Å². The van der Waals surface area contributed by atoms with Crippen LogP contribution in [0.3, 0.4) is 0 Å². The van der Waals surface area contributed by atoms with Crippen molar-refractivity contribution < 1.29 is 18.9 Å². The molecule has 0 fully saturated rings. The average molecular weight is 275 g/mol. The van der Waals surface area contributed by atoms with Crippen LogP contribution in [-0.2, 0) is 0 Å². The van der Waals surface area contributed by atoms with Gasteiger partial charge in [0, 0.05) is 0 Å². The minimum absolute atomic E-state index is 0. The van der Waals surface area contributed by atoms with Crippen LogP contribution < -0.4 is 18.9 Å². The summed E-state index contributed by atoms with van der Waals surface area (Å²) in [6.45, 7) is 14.8. The predicted molar refractivity (Wildman–Crippen MR) is 82.2 cm³/mol. The van der Waals surface area contributed by atoms with Crippen molar-refractivity contribution in [3.05, 3.63) is 34.8 Å². The van der Waals surface area contributed by atoms with E-state index in [4.69, 9.17) is 0 Å². The van der Waals surface area contributed by atoms with Crippen molar-refractivity contribution in [3.63, 3.8) is 0 Å². The second-order valence-corrected chi connectivity index (χ2v) is 18.6. The Morgan fingerprint density at radius 3 is 1.59 bits per heavy atom. The summed E-state index contributed by atoms with van der Waals surface area (Å²) >= 11 is 2.04. The zero-order chi connectivity index (χ0) is 12.4. The van der Waals surface area contributed by atoms with Gasteiger partial charge >= 0.3 is 18.9 Å². The minimum Gasteiger partial charge on any atom is -0.316 e. The van der Waals surface area contributed by atoms with Gasteiger partial charge in [0.15, 0.2) is 0 Å². The molecule has 0 saturated heterocycles. The Bertz CT molecular complexity index is 314. The number of benzene rings is 1. The van der Waals surface area contributed by atoms with Gasteiger partial charge in [0.05, 0.1) is 0 Å². The molecule has 0 amide bonds. The molecule has 1 aromatic rings. The van der Waals surface area contributed by atoms with E-state index in [0.717, 1.165) is 0 Å².